The Morgan fingerprint density at radius 3 is 2.69 bits per heavy atom. The van der Waals surface area contributed by atoms with Gasteiger partial charge in [-0.2, -0.15) is 0 Å². The molecule has 0 spiro atoms. The molecule has 0 aromatic carbocycles. The van der Waals surface area contributed by atoms with E-state index in [-0.39, 0.29) is 21.6 Å². The molecule has 0 radical (unpaired) electrons. The molecule has 2 heterocycles. The standard InChI is InChI=1S/C17H26IN3O5/c1-4-6-19-8-21-7-9(14(23)20-15(21)24)10-12(22)17(25)11(13(17)26-10)16(3,18)5-2/h7,10-13,19,22,25H,4-6,8H2,1-3H3,(H,20,23,24)/t10?,11?,12-,13+,16?,17-/m0/s1. The number of aromatic amines is 1. The fourth-order valence-electron chi connectivity index (χ4n) is 3.86. The van der Waals surface area contributed by atoms with Crippen LogP contribution in [0.4, 0.5) is 0 Å². The minimum Gasteiger partial charge on any atom is -0.387 e. The van der Waals surface area contributed by atoms with E-state index in [2.05, 4.69) is 32.9 Å². The smallest absolute Gasteiger partial charge is 0.329 e. The molecule has 1 saturated heterocycles. The van der Waals surface area contributed by atoms with E-state index >= 15 is 0 Å². The van der Waals surface area contributed by atoms with Crippen LogP contribution < -0.4 is 16.6 Å². The first kappa shape index (κ1) is 20.0. The summed E-state index contributed by atoms with van der Waals surface area (Å²) in [6.07, 6.45) is 0.470. The number of aromatic nitrogens is 2. The Morgan fingerprint density at radius 2 is 2.15 bits per heavy atom. The Morgan fingerprint density at radius 1 is 1.46 bits per heavy atom. The van der Waals surface area contributed by atoms with Gasteiger partial charge in [0.05, 0.1) is 18.3 Å². The van der Waals surface area contributed by atoms with Crippen LogP contribution in [0.3, 0.4) is 0 Å². The fourth-order valence-corrected chi connectivity index (χ4v) is 4.69. The van der Waals surface area contributed by atoms with Crippen LogP contribution in [-0.2, 0) is 11.4 Å². The van der Waals surface area contributed by atoms with Crippen LogP contribution in [0.1, 0.15) is 45.3 Å². The zero-order valence-corrected chi connectivity index (χ0v) is 17.3. The molecule has 4 N–H and O–H groups in total. The van der Waals surface area contributed by atoms with Crippen molar-refractivity contribution < 1.29 is 14.9 Å². The molecule has 2 fully saturated rings. The van der Waals surface area contributed by atoms with Gasteiger partial charge >= 0.3 is 5.69 Å². The molecule has 3 rings (SSSR count). The van der Waals surface area contributed by atoms with E-state index in [0.717, 1.165) is 19.4 Å². The first-order valence-electron chi connectivity index (χ1n) is 8.97. The van der Waals surface area contributed by atoms with Crippen molar-refractivity contribution in [3.8, 4) is 0 Å². The molecule has 146 valence electrons. The summed E-state index contributed by atoms with van der Waals surface area (Å²) in [5.74, 6) is -0.192. The molecule has 2 aliphatic rings. The number of hydrogen-bond acceptors (Lipinski definition) is 6. The molecular weight excluding hydrogens is 453 g/mol. The summed E-state index contributed by atoms with van der Waals surface area (Å²) >= 11 is 2.28. The van der Waals surface area contributed by atoms with Crippen molar-refractivity contribution in [3.63, 3.8) is 0 Å². The van der Waals surface area contributed by atoms with E-state index in [1.54, 1.807) is 0 Å². The number of hydrogen-bond donors (Lipinski definition) is 4. The van der Waals surface area contributed by atoms with Gasteiger partial charge in [-0.15, -0.1) is 0 Å². The number of ether oxygens (including phenoxy) is 1. The second kappa shape index (κ2) is 7.01. The van der Waals surface area contributed by atoms with Crippen molar-refractivity contribution in [3.05, 3.63) is 32.6 Å². The Kier molecular flexibility index (Phi) is 5.39. The quantitative estimate of drug-likeness (QED) is 0.253. The average molecular weight is 479 g/mol. The van der Waals surface area contributed by atoms with Crippen LogP contribution in [0.15, 0.2) is 15.8 Å². The number of H-pyrrole nitrogens is 1. The largest absolute Gasteiger partial charge is 0.387 e. The number of nitrogens with zero attached hydrogens (tertiary/aromatic N) is 1. The van der Waals surface area contributed by atoms with Crippen LogP contribution in [0.25, 0.3) is 0 Å². The van der Waals surface area contributed by atoms with Gasteiger partial charge in [-0.1, -0.05) is 43.4 Å². The highest BCUT2D eigenvalue weighted by molar-refractivity contribution is 14.1. The number of aliphatic hydroxyl groups is 2. The van der Waals surface area contributed by atoms with E-state index in [1.165, 1.54) is 10.8 Å². The van der Waals surface area contributed by atoms with E-state index in [9.17, 15) is 19.8 Å². The van der Waals surface area contributed by atoms with Crippen molar-refractivity contribution >= 4 is 22.6 Å². The van der Waals surface area contributed by atoms with Gasteiger partial charge in [0.15, 0.2) is 0 Å². The van der Waals surface area contributed by atoms with Gasteiger partial charge < -0.3 is 14.9 Å². The lowest BCUT2D eigenvalue weighted by Gasteiger charge is -2.29. The zero-order valence-electron chi connectivity index (χ0n) is 15.2. The maximum Gasteiger partial charge on any atom is 0.329 e. The minimum atomic E-state index is -1.36. The van der Waals surface area contributed by atoms with Gasteiger partial charge in [0.25, 0.3) is 5.56 Å². The zero-order chi connectivity index (χ0) is 19.3. The number of rotatable bonds is 7. The molecule has 6 atom stereocenters. The van der Waals surface area contributed by atoms with Crippen LogP contribution in [0.5, 0.6) is 0 Å². The lowest BCUT2D eigenvalue weighted by Crippen LogP contribution is -2.41. The summed E-state index contributed by atoms with van der Waals surface area (Å²) in [7, 11) is 0. The van der Waals surface area contributed by atoms with Crippen molar-refractivity contribution in [1.82, 2.24) is 14.9 Å². The number of nitrogens with one attached hydrogen (secondary N) is 2. The van der Waals surface area contributed by atoms with Gasteiger partial charge in [-0.05, 0) is 19.4 Å². The topological polar surface area (TPSA) is 117 Å². The average Bonchev–Trinajstić information content (AvgIpc) is 3.12. The van der Waals surface area contributed by atoms with Gasteiger partial charge in [-0.25, -0.2) is 4.79 Å². The highest BCUT2D eigenvalue weighted by Gasteiger charge is 2.79. The third-order valence-corrected chi connectivity index (χ3v) is 7.03. The summed E-state index contributed by atoms with van der Waals surface area (Å²) in [6.45, 7) is 7.04. The Hall–Kier alpha value is -0.750. The van der Waals surface area contributed by atoms with Crippen LogP contribution in [0, 0.1) is 5.92 Å². The summed E-state index contributed by atoms with van der Waals surface area (Å²) in [4.78, 5) is 26.5. The Bertz CT molecular complexity index is 791. The van der Waals surface area contributed by atoms with Crippen LogP contribution in [0.2, 0.25) is 0 Å². The molecule has 26 heavy (non-hydrogen) atoms. The maximum atomic E-state index is 12.3. The molecule has 0 amide bonds. The molecule has 9 heteroatoms. The number of alkyl halides is 1. The SMILES string of the molecule is CCCNCn1cc(C2O[C@@H]3C(C(C)(I)CC)[C@]3(O)[C@H]2O)c(=O)[nH]c1=O. The Labute approximate surface area is 165 Å². The van der Waals surface area contributed by atoms with Crippen LogP contribution >= 0.6 is 22.6 Å². The fraction of sp³-hybridized carbons (Fsp3) is 0.765. The van der Waals surface area contributed by atoms with Crippen molar-refractivity contribution in [2.75, 3.05) is 6.54 Å². The predicted octanol–water partition coefficient (Wildman–Crippen LogP) is 0.259. The third-order valence-electron chi connectivity index (χ3n) is 5.60. The van der Waals surface area contributed by atoms with E-state index < -0.39 is 35.2 Å². The Balaban J connectivity index is 1.85. The maximum absolute atomic E-state index is 12.3. The molecule has 1 aromatic rings. The second-order valence-electron chi connectivity index (χ2n) is 7.39. The van der Waals surface area contributed by atoms with Crippen molar-refractivity contribution in [1.29, 1.82) is 0 Å². The molecular formula is C17H26IN3O5. The van der Waals surface area contributed by atoms with Gasteiger partial charge in [-0.3, -0.25) is 19.7 Å². The molecule has 8 nitrogen and oxygen atoms in total. The normalized spacial score (nSPS) is 35.2. The van der Waals surface area contributed by atoms with Crippen molar-refractivity contribution in [2.45, 2.75) is 67.6 Å². The van der Waals surface area contributed by atoms with Gasteiger partial charge in [0.2, 0.25) is 0 Å². The highest BCUT2D eigenvalue weighted by Crippen LogP contribution is 2.65. The summed E-state index contributed by atoms with van der Waals surface area (Å²) in [5, 5.41) is 24.7. The molecule has 0 bridgehead atoms. The number of halogens is 1. The van der Waals surface area contributed by atoms with Crippen LogP contribution in [-0.4, -0.2) is 47.5 Å². The van der Waals surface area contributed by atoms with Gasteiger partial charge in [0, 0.05) is 15.5 Å². The highest BCUT2D eigenvalue weighted by atomic mass is 127. The number of fused-ring (bicyclic) bond motifs is 1. The second-order valence-corrected chi connectivity index (χ2v) is 9.85. The first-order chi connectivity index (χ1) is 12.2. The monoisotopic (exact) mass is 479 g/mol. The molecule has 1 saturated carbocycles. The predicted molar refractivity (Wildman–Crippen MR) is 104 cm³/mol. The third kappa shape index (κ3) is 3.07. The lowest BCUT2D eigenvalue weighted by molar-refractivity contribution is -0.0508. The molecule has 1 aliphatic carbocycles. The van der Waals surface area contributed by atoms with Gasteiger partial charge in [0.1, 0.15) is 17.8 Å². The lowest BCUT2D eigenvalue weighted by atomic mass is 9.93. The summed E-state index contributed by atoms with van der Waals surface area (Å²) < 4.78 is 7.00. The molecule has 1 aromatic heterocycles. The van der Waals surface area contributed by atoms with E-state index in [1.807, 2.05) is 20.8 Å². The number of aliphatic hydroxyl groups excluding tert-OH is 1. The molecule has 1 aliphatic heterocycles. The summed E-state index contributed by atoms with van der Waals surface area (Å²) in [6, 6.07) is 0. The summed E-state index contributed by atoms with van der Waals surface area (Å²) in [5.41, 5.74) is -2.33. The first-order valence-corrected chi connectivity index (χ1v) is 10.1. The molecule has 3 unspecified atom stereocenters. The van der Waals surface area contributed by atoms with E-state index in [4.69, 9.17) is 4.74 Å². The minimum absolute atomic E-state index is 0.154. The van der Waals surface area contributed by atoms with E-state index in [0.29, 0.717) is 0 Å². The van der Waals surface area contributed by atoms with Crippen molar-refractivity contribution in [2.24, 2.45) is 5.92 Å².